The standard InChI is InChI=1S/C24H24FNO4/c1-16-11-20(17(2)26(16)14-18-7-5-4-6-8-18)22(27)15-30-24(28)13-19-9-10-23(29-3)21(25)12-19/h4-12H,13-15H2,1-3H3. The lowest BCUT2D eigenvalue weighted by Crippen LogP contribution is -2.16. The molecular formula is C24H24FNO4. The molecule has 0 bridgehead atoms. The van der Waals surface area contributed by atoms with Crippen LogP contribution in [0, 0.1) is 19.7 Å². The van der Waals surface area contributed by atoms with Crippen LogP contribution in [0.3, 0.4) is 0 Å². The summed E-state index contributed by atoms with van der Waals surface area (Å²) in [5, 5.41) is 0. The highest BCUT2D eigenvalue weighted by Crippen LogP contribution is 2.19. The SMILES string of the molecule is COc1ccc(CC(=O)OCC(=O)c2cc(C)n(Cc3ccccc3)c2C)cc1F. The molecule has 0 aliphatic carbocycles. The van der Waals surface area contributed by atoms with Crippen LogP contribution >= 0.6 is 0 Å². The van der Waals surface area contributed by atoms with Gasteiger partial charge in [-0.3, -0.25) is 9.59 Å². The van der Waals surface area contributed by atoms with Crippen molar-refractivity contribution in [1.82, 2.24) is 4.57 Å². The maximum Gasteiger partial charge on any atom is 0.310 e. The van der Waals surface area contributed by atoms with Gasteiger partial charge in [-0.1, -0.05) is 36.4 Å². The third-order valence-electron chi connectivity index (χ3n) is 4.99. The van der Waals surface area contributed by atoms with Crippen LogP contribution in [-0.2, 0) is 22.5 Å². The molecule has 2 aromatic carbocycles. The molecule has 0 atom stereocenters. The number of hydrogen-bond donors (Lipinski definition) is 0. The Morgan fingerprint density at radius 1 is 1.00 bits per heavy atom. The van der Waals surface area contributed by atoms with Gasteiger partial charge in [0.2, 0.25) is 5.78 Å². The van der Waals surface area contributed by atoms with Crippen LogP contribution in [-0.4, -0.2) is 30.0 Å². The fraction of sp³-hybridized carbons (Fsp3) is 0.250. The van der Waals surface area contributed by atoms with Crippen LogP contribution < -0.4 is 4.74 Å². The van der Waals surface area contributed by atoms with Crippen molar-refractivity contribution in [3.8, 4) is 5.75 Å². The maximum atomic E-state index is 13.7. The Balaban J connectivity index is 1.61. The van der Waals surface area contributed by atoms with Gasteiger partial charge in [0.25, 0.3) is 0 Å². The first-order valence-electron chi connectivity index (χ1n) is 9.61. The predicted molar refractivity (Wildman–Crippen MR) is 111 cm³/mol. The lowest BCUT2D eigenvalue weighted by Gasteiger charge is -2.10. The van der Waals surface area contributed by atoms with Gasteiger partial charge in [-0.2, -0.15) is 0 Å². The number of ketones is 1. The van der Waals surface area contributed by atoms with Crippen LogP contribution in [0.5, 0.6) is 5.75 Å². The molecule has 30 heavy (non-hydrogen) atoms. The molecule has 1 heterocycles. The van der Waals surface area contributed by atoms with Gasteiger partial charge >= 0.3 is 5.97 Å². The number of methoxy groups -OCH3 is 1. The summed E-state index contributed by atoms with van der Waals surface area (Å²) in [4.78, 5) is 24.7. The number of esters is 1. The molecular weight excluding hydrogens is 385 g/mol. The van der Waals surface area contributed by atoms with Crippen LogP contribution in [0.15, 0.2) is 54.6 Å². The van der Waals surface area contributed by atoms with E-state index in [2.05, 4.69) is 4.57 Å². The average Bonchev–Trinajstić information content (AvgIpc) is 3.01. The van der Waals surface area contributed by atoms with E-state index in [9.17, 15) is 14.0 Å². The fourth-order valence-electron chi connectivity index (χ4n) is 3.35. The van der Waals surface area contributed by atoms with Crippen LogP contribution in [0.2, 0.25) is 0 Å². The van der Waals surface area contributed by atoms with Crippen LogP contribution in [0.1, 0.15) is 32.9 Å². The zero-order chi connectivity index (χ0) is 21.7. The Morgan fingerprint density at radius 3 is 2.40 bits per heavy atom. The first kappa shape index (κ1) is 21.3. The molecule has 0 aliphatic heterocycles. The molecule has 0 radical (unpaired) electrons. The summed E-state index contributed by atoms with van der Waals surface area (Å²) in [6, 6.07) is 16.0. The number of carbonyl (C=O) groups excluding carboxylic acids is 2. The van der Waals surface area contributed by atoms with E-state index in [1.54, 1.807) is 6.07 Å². The fourth-order valence-corrected chi connectivity index (χ4v) is 3.35. The van der Waals surface area contributed by atoms with E-state index in [0.29, 0.717) is 17.7 Å². The lowest BCUT2D eigenvalue weighted by molar-refractivity contribution is -0.141. The summed E-state index contributed by atoms with van der Waals surface area (Å²) >= 11 is 0. The van der Waals surface area contributed by atoms with Gasteiger partial charge in [-0.05, 0) is 43.2 Å². The van der Waals surface area contributed by atoms with Gasteiger partial charge in [0.1, 0.15) is 0 Å². The van der Waals surface area contributed by atoms with Crippen LogP contribution in [0.4, 0.5) is 4.39 Å². The normalized spacial score (nSPS) is 10.7. The predicted octanol–water partition coefficient (Wildman–Crippen LogP) is 4.27. The summed E-state index contributed by atoms with van der Waals surface area (Å²) in [5.74, 6) is -1.31. The van der Waals surface area contributed by atoms with E-state index in [-0.39, 0.29) is 24.6 Å². The maximum absolute atomic E-state index is 13.7. The zero-order valence-corrected chi connectivity index (χ0v) is 17.3. The number of nitrogens with zero attached hydrogens (tertiary/aromatic N) is 1. The number of aromatic nitrogens is 1. The monoisotopic (exact) mass is 409 g/mol. The summed E-state index contributed by atoms with van der Waals surface area (Å²) in [7, 11) is 1.37. The molecule has 1 aromatic heterocycles. The molecule has 156 valence electrons. The molecule has 0 unspecified atom stereocenters. The molecule has 6 heteroatoms. The van der Waals surface area contributed by atoms with Crippen molar-refractivity contribution in [3.05, 3.63) is 88.5 Å². The van der Waals surface area contributed by atoms with E-state index in [1.807, 2.05) is 50.2 Å². The highest BCUT2D eigenvalue weighted by Gasteiger charge is 2.18. The number of ether oxygens (including phenoxy) is 2. The first-order valence-corrected chi connectivity index (χ1v) is 9.61. The lowest BCUT2D eigenvalue weighted by atomic mass is 10.1. The van der Waals surface area contributed by atoms with Crippen molar-refractivity contribution >= 4 is 11.8 Å². The number of hydrogen-bond acceptors (Lipinski definition) is 4. The number of Topliss-reactive ketones (excluding diaryl/α,β-unsaturated/α-hetero) is 1. The quantitative estimate of drug-likeness (QED) is 0.412. The second-order valence-corrected chi connectivity index (χ2v) is 7.09. The minimum absolute atomic E-state index is 0.105. The molecule has 0 fully saturated rings. The minimum atomic E-state index is -0.592. The number of halogens is 1. The first-order chi connectivity index (χ1) is 14.4. The summed E-state index contributed by atoms with van der Waals surface area (Å²) < 4.78 is 25.8. The smallest absolute Gasteiger partial charge is 0.310 e. The Kier molecular flexibility index (Phi) is 6.67. The van der Waals surface area contributed by atoms with Crippen molar-refractivity contribution in [2.45, 2.75) is 26.8 Å². The Hall–Kier alpha value is -3.41. The van der Waals surface area contributed by atoms with Gasteiger partial charge in [-0.25, -0.2) is 4.39 Å². The van der Waals surface area contributed by atoms with Gasteiger partial charge in [0, 0.05) is 23.5 Å². The van der Waals surface area contributed by atoms with Crippen molar-refractivity contribution in [2.75, 3.05) is 13.7 Å². The second-order valence-electron chi connectivity index (χ2n) is 7.09. The zero-order valence-electron chi connectivity index (χ0n) is 17.3. The molecule has 0 saturated heterocycles. The molecule has 0 amide bonds. The van der Waals surface area contributed by atoms with Gasteiger partial charge in [-0.15, -0.1) is 0 Å². The summed E-state index contributed by atoms with van der Waals surface area (Å²) in [5.41, 5.74) is 3.91. The second kappa shape index (κ2) is 9.39. The third-order valence-corrected chi connectivity index (χ3v) is 4.99. The van der Waals surface area contributed by atoms with Gasteiger partial charge in [0.05, 0.1) is 13.5 Å². The Labute approximate surface area is 175 Å². The van der Waals surface area contributed by atoms with E-state index < -0.39 is 11.8 Å². The summed E-state index contributed by atoms with van der Waals surface area (Å²) in [6.45, 7) is 4.13. The van der Waals surface area contributed by atoms with Gasteiger partial charge < -0.3 is 14.0 Å². The molecule has 0 N–H and O–H groups in total. The van der Waals surface area contributed by atoms with Crippen molar-refractivity contribution in [1.29, 1.82) is 0 Å². The van der Waals surface area contributed by atoms with Gasteiger partial charge in [0.15, 0.2) is 18.2 Å². The molecule has 0 aliphatic rings. The molecule has 3 aromatic rings. The van der Waals surface area contributed by atoms with E-state index >= 15 is 0 Å². The number of aryl methyl sites for hydroxylation is 1. The number of rotatable bonds is 8. The molecule has 5 nitrogen and oxygen atoms in total. The third kappa shape index (κ3) is 4.95. The average molecular weight is 409 g/mol. The highest BCUT2D eigenvalue weighted by molar-refractivity contribution is 5.99. The van der Waals surface area contributed by atoms with E-state index in [4.69, 9.17) is 9.47 Å². The Morgan fingerprint density at radius 2 is 1.73 bits per heavy atom. The van der Waals surface area contributed by atoms with Crippen molar-refractivity contribution < 1.29 is 23.5 Å². The Bertz CT molecular complexity index is 1060. The molecule has 0 spiro atoms. The molecule has 3 rings (SSSR count). The number of carbonyl (C=O) groups is 2. The molecule has 0 saturated carbocycles. The topological polar surface area (TPSA) is 57.5 Å². The van der Waals surface area contributed by atoms with E-state index in [0.717, 1.165) is 17.0 Å². The largest absolute Gasteiger partial charge is 0.494 e. The van der Waals surface area contributed by atoms with E-state index in [1.165, 1.54) is 19.2 Å². The van der Waals surface area contributed by atoms with Crippen LogP contribution in [0.25, 0.3) is 0 Å². The minimum Gasteiger partial charge on any atom is -0.494 e. The number of benzene rings is 2. The highest BCUT2D eigenvalue weighted by atomic mass is 19.1. The van der Waals surface area contributed by atoms with Crippen molar-refractivity contribution in [3.63, 3.8) is 0 Å². The van der Waals surface area contributed by atoms with Crippen molar-refractivity contribution in [2.24, 2.45) is 0 Å². The summed E-state index contributed by atoms with van der Waals surface area (Å²) in [6.07, 6.45) is -0.124.